The van der Waals surface area contributed by atoms with Crippen molar-refractivity contribution in [3.05, 3.63) is 0 Å². The maximum Gasteiger partial charge on any atom is 0.329 e. The molecular weight excluding hydrogens is 254 g/mol. The number of piperidine rings is 1. The van der Waals surface area contributed by atoms with Crippen molar-refractivity contribution in [2.24, 2.45) is 0 Å². The van der Waals surface area contributed by atoms with Crippen molar-refractivity contribution in [3.63, 3.8) is 0 Å². The van der Waals surface area contributed by atoms with Crippen LogP contribution in [0.3, 0.4) is 0 Å². The molecule has 0 spiro atoms. The van der Waals surface area contributed by atoms with E-state index in [1.807, 2.05) is 4.90 Å². The Morgan fingerprint density at radius 2 is 2.00 bits per heavy atom. The van der Waals surface area contributed by atoms with E-state index in [1.165, 1.54) is 0 Å². The number of rotatable bonds is 6. The maximum atomic E-state index is 11.8. The van der Waals surface area contributed by atoms with Crippen molar-refractivity contribution in [2.45, 2.75) is 38.0 Å². The van der Waals surface area contributed by atoms with Gasteiger partial charge in [0.05, 0.1) is 11.9 Å². The minimum Gasteiger partial charge on any atom is -0.480 e. The highest BCUT2D eigenvalue weighted by Crippen LogP contribution is 2.16. The molecule has 0 aliphatic carbocycles. The second kappa shape index (κ2) is 7.63. The molecule has 1 N–H and O–H groups in total. The summed E-state index contributed by atoms with van der Waals surface area (Å²) in [5, 5.41) is 8.98. The van der Waals surface area contributed by atoms with Crippen LogP contribution < -0.4 is 0 Å². The second-order valence-electron chi connectivity index (χ2n) is 4.64. The molecule has 1 aliphatic rings. The number of aliphatic carboxylic acids is 1. The van der Waals surface area contributed by atoms with Gasteiger partial charge in [-0.3, -0.25) is 4.79 Å². The van der Waals surface area contributed by atoms with Gasteiger partial charge in [0, 0.05) is 13.1 Å². The van der Waals surface area contributed by atoms with Crippen LogP contribution >= 0.6 is 11.8 Å². The molecule has 0 radical (unpaired) electrons. The lowest BCUT2D eigenvalue weighted by Gasteiger charge is -2.31. The maximum absolute atomic E-state index is 11.8. The van der Waals surface area contributed by atoms with Gasteiger partial charge < -0.3 is 14.7 Å². The lowest BCUT2D eigenvalue weighted by molar-refractivity contribution is -0.146. The predicted octanol–water partition coefficient (Wildman–Crippen LogP) is 1.22. The Labute approximate surface area is 112 Å². The average Bonchev–Trinajstić information content (AvgIpc) is 2.34. The summed E-state index contributed by atoms with van der Waals surface area (Å²) in [5.74, 6) is -0.245. The van der Waals surface area contributed by atoms with E-state index in [4.69, 9.17) is 9.84 Å². The van der Waals surface area contributed by atoms with E-state index < -0.39 is 5.97 Å². The van der Waals surface area contributed by atoms with Gasteiger partial charge in [-0.25, -0.2) is 4.79 Å². The fraction of sp³-hybridized carbons (Fsp3) is 0.833. The Kier molecular flexibility index (Phi) is 6.49. The van der Waals surface area contributed by atoms with Crippen molar-refractivity contribution in [3.8, 4) is 0 Å². The van der Waals surface area contributed by atoms with Gasteiger partial charge in [-0.2, -0.15) is 0 Å². The molecule has 1 fully saturated rings. The highest BCUT2D eigenvalue weighted by Gasteiger charge is 2.23. The van der Waals surface area contributed by atoms with Gasteiger partial charge in [0.25, 0.3) is 0 Å². The number of hydrogen-bond acceptors (Lipinski definition) is 4. The standard InChI is InChI=1S/C12H21NO4S/c1-9(2)18-8-11(14)13-5-3-10(4-6-13)17-7-12(15)16/h9-10H,3-8H2,1-2H3,(H,15,16). The number of carboxylic acids is 1. The molecule has 6 heteroatoms. The van der Waals surface area contributed by atoms with E-state index in [9.17, 15) is 9.59 Å². The zero-order chi connectivity index (χ0) is 13.5. The fourth-order valence-electron chi connectivity index (χ4n) is 1.79. The molecule has 1 amide bonds. The lowest BCUT2D eigenvalue weighted by Crippen LogP contribution is -2.42. The third-order valence-electron chi connectivity index (χ3n) is 2.78. The number of thioether (sulfide) groups is 1. The fourth-order valence-corrected chi connectivity index (χ4v) is 2.45. The molecule has 1 aliphatic heterocycles. The van der Waals surface area contributed by atoms with Crippen molar-refractivity contribution >= 4 is 23.6 Å². The summed E-state index contributed by atoms with van der Waals surface area (Å²) < 4.78 is 5.23. The first kappa shape index (κ1) is 15.3. The van der Waals surface area contributed by atoms with E-state index in [-0.39, 0.29) is 18.6 Å². The molecule has 1 saturated heterocycles. The van der Waals surface area contributed by atoms with Crippen LogP contribution in [0.2, 0.25) is 0 Å². The van der Waals surface area contributed by atoms with Crippen LogP contribution in [-0.4, -0.2) is 58.7 Å². The highest BCUT2D eigenvalue weighted by atomic mass is 32.2. The van der Waals surface area contributed by atoms with Crippen LogP contribution in [0.4, 0.5) is 0 Å². The third-order valence-corrected chi connectivity index (χ3v) is 3.86. The van der Waals surface area contributed by atoms with Gasteiger partial charge in [0.1, 0.15) is 6.61 Å². The Morgan fingerprint density at radius 1 is 1.39 bits per heavy atom. The zero-order valence-corrected chi connectivity index (χ0v) is 11.7. The van der Waals surface area contributed by atoms with Gasteiger partial charge in [0.15, 0.2) is 0 Å². The second-order valence-corrected chi connectivity index (χ2v) is 6.21. The van der Waals surface area contributed by atoms with Crippen molar-refractivity contribution in [2.75, 3.05) is 25.4 Å². The van der Waals surface area contributed by atoms with Crippen LogP contribution in [0.1, 0.15) is 26.7 Å². The molecule has 5 nitrogen and oxygen atoms in total. The molecule has 0 unspecified atom stereocenters. The predicted molar refractivity (Wildman–Crippen MR) is 70.8 cm³/mol. The summed E-state index contributed by atoms with van der Waals surface area (Å²) in [7, 11) is 0. The molecule has 18 heavy (non-hydrogen) atoms. The summed E-state index contributed by atoms with van der Waals surface area (Å²) in [6.45, 7) is 5.24. The molecular formula is C12H21NO4S. The molecule has 0 atom stereocenters. The number of carboxylic acid groups (broad SMARTS) is 1. The SMILES string of the molecule is CC(C)SCC(=O)N1CCC(OCC(=O)O)CC1. The summed E-state index contributed by atoms with van der Waals surface area (Å²) in [5.41, 5.74) is 0. The van der Waals surface area contributed by atoms with Crippen molar-refractivity contribution < 1.29 is 19.4 Å². The largest absolute Gasteiger partial charge is 0.480 e. The minimum absolute atomic E-state index is 0.0251. The highest BCUT2D eigenvalue weighted by molar-refractivity contribution is 8.00. The van der Waals surface area contributed by atoms with E-state index in [0.717, 1.165) is 12.8 Å². The normalized spacial score (nSPS) is 17.2. The first-order valence-electron chi connectivity index (χ1n) is 6.21. The van der Waals surface area contributed by atoms with Gasteiger partial charge in [-0.05, 0) is 18.1 Å². The Balaban J connectivity index is 2.22. The number of likely N-dealkylation sites (tertiary alicyclic amines) is 1. The summed E-state index contributed by atoms with van der Waals surface area (Å²) in [4.78, 5) is 24.1. The smallest absolute Gasteiger partial charge is 0.329 e. The monoisotopic (exact) mass is 275 g/mol. The Hall–Kier alpha value is -0.750. The minimum atomic E-state index is -0.943. The van der Waals surface area contributed by atoms with Crippen LogP contribution in [-0.2, 0) is 14.3 Å². The van der Waals surface area contributed by atoms with E-state index >= 15 is 0 Å². The number of carbonyl (C=O) groups is 2. The zero-order valence-electron chi connectivity index (χ0n) is 10.9. The molecule has 104 valence electrons. The van der Waals surface area contributed by atoms with Crippen molar-refractivity contribution in [1.82, 2.24) is 4.90 Å². The topological polar surface area (TPSA) is 66.8 Å². The lowest BCUT2D eigenvalue weighted by atomic mass is 10.1. The molecule has 0 bridgehead atoms. The van der Waals surface area contributed by atoms with E-state index in [1.54, 1.807) is 11.8 Å². The van der Waals surface area contributed by atoms with Gasteiger partial charge in [-0.1, -0.05) is 13.8 Å². The Morgan fingerprint density at radius 3 is 2.50 bits per heavy atom. The number of nitrogens with zero attached hydrogens (tertiary/aromatic N) is 1. The van der Waals surface area contributed by atoms with Gasteiger partial charge >= 0.3 is 5.97 Å². The molecule has 1 rings (SSSR count). The Bertz CT molecular complexity index is 288. The van der Waals surface area contributed by atoms with E-state index in [0.29, 0.717) is 24.1 Å². The number of carbonyl (C=O) groups excluding carboxylic acids is 1. The quantitative estimate of drug-likeness (QED) is 0.789. The number of amides is 1. The average molecular weight is 275 g/mol. The summed E-state index contributed by atoms with van der Waals surface area (Å²) in [6.07, 6.45) is 1.43. The number of ether oxygens (including phenoxy) is 1. The van der Waals surface area contributed by atoms with Gasteiger partial charge in [0.2, 0.25) is 5.91 Å². The third kappa shape index (κ3) is 5.73. The van der Waals surface area contributed by atoms with Crippen molar-refractivity contribution in [1.29, 1.82) is 0 Å². The molecule has 0 aromatic heterocycles. The first-order valence-corrected chi connectivity index (χ1v) is 7.26. The summed E-state index contributed by atoms with van der Waals surface area (Å²) in [6, 6.07) is 0. The van der Waals surface area contributed by atoms with Crippen LogP contribution in [0.25, 0.3) is 0 Å². The molecule has 1 heterocycles. The molecule has 0 aromatic carbocycles. The molecule has 0 aromatic rings. The number of hydrogen-bond donors (Lipinski definition) is 1. The first-order chi connectivity index (χ1) is 8.49. The van der Waals surface area contributed by atoms with Crippen LogP contribution in [0.5, 0.6) is 0 Å². The van der Waals surface area contributed by atoms with Crippen LogP contribution in [0, 0.1) is 0 Å². The molecule has 0 saturated carbocycles. The van der Waals surface area contributed by atoms with Crippen LogP contribution in [0.15, 0.2) is 0 Å². The summed E-state index contributed by atoms with van der Waals surface area (Å²) >= 11 is 1.65. The van der Waals surface area contributed by atoms with Gasteiger partial charge in [-0.15, -0.1) is 11.8 Å². The van der Waals surface area contributed by atoms with E-state index in [2.05, 4.69) is 13.8 Å².